The molecule has 2 aliphatic rings. The third-order valence-corrected chi connectivity index (χ3v) is 3.97. The Morgan fingerprint density at radius 2 is 1.94 bits per heavy atom. The molecule has 18 heavy (non-hydrogen) atoms. The van der Waals surface area contributed by atoms with Crippen molar-refractivity contribution in [1.82, 2.24) is 4.90 Å². The quantitative estimate of drug-likeness (QED) is 0.745. The van der Waals surface area contributed by atoms with Gasteiger partial charge >= 0.3 is 0 Å². The second-order valence-corrected chi connectivity index (χ2v) is 5.14. The van der Waals surface area contributed by atoms with Crippen LogP contribution in [0.2, 0.25) is 0 Å². The van der Waals surface area contributed by atoms with E-state index in [-0.39, 0.29) is 5.91 Å². The van der Waals surface area contributed by atoms with Crippen molar-refractivity contribution in [2.75, 3.05) is 0 Å². The second kappa shape index (κ2) is 4.56. The number of carbonyl (C=O) groups excluding carboxylic acids is 1. The van der Waals surface area contributed by atoms with Gasteiger partial charge in [-0.15, -0.1) is 0 Å². The summed E-state index contributed by atoms with van der Waals surface area (Å²) in [7, 11) is 0. The van der Waals surface area contributed by atoms with E-state index in [4.69, 9.17) is 0 Å². The molecule has 1 aliphatic heterocycles. The summed E-state index contributed by atoms with van der Waals surface area (Å²) >= 11 is 0. The highest BCUT2D eigenvalue weighted by atomic mass is 16.2. The van der Waals surface area contributed by atoms with Crippen molar-refractivity contribution >= 4 is 11.7 Å². The van der Waals surface area contributed by atoms with Crippen molar-refractivity contribution in [3.63, 3.8) is 0 Å². The molecule has 3 nitrogen and oxygen atoms in total. The third kappa shape index (κ3) is 1.84. The summed E-state index contributed by atoms with van der Waals surface area (Å²) in [6.07, 6.45) is 4.67. The van der Waals surface area contributed by atoms with Crippen LogP contribution in [-0.4, -0.2) is 28.7 Å². The monoisotopic (exact) mass is 242 g/mol. The molecule has 2 unspecified atom stereocenters. The normalized spacial score (nSPS) is 26.7. The zero-order valence-electron chi connectivity index (χ0n) is 10.7. The maximum absolute atomic E-state index is 12.6. The number of aliphatic imine (C=N–C) groups is 1. The Morgan fingerprint density at radius 1 is 1.22 bits per heavy atom. The smallest absolute Gasteiger partial charge is 0.259 e. The Kier molecular flexibility index (Phi) is 2.90. The fourth-order valence-electron chi connectivity index (χ4n) is 3.10. The number of carbonyl (C=O) groups is 1. The molecule has 1 fully saturated rings. The number of benzene rings is 1. The Morgan fingerprint density at radius 3 is 2.72 bits per heavy atom. The summed E-state index contributed by atoms with van der Waals surface area (Å²) in [6, 6.07) is 10.2. The number of rotatable bonds is 1. The van der Waals surface area contributed by atoms with E-state index in [0.717, 1.165) is 24.2 Å². The van der Waals surface area contributed by atoms with Crippen molar-refractivity contribution in [3.8, 4) is 0 Å². The summed E-state index contributed by atoms with van der Waals surface area (Å²) < 4.78 is 0. The molecule has 94 valence electrons. The van der Waals surface area contributed by atoms with Gasteiger partial charge in [0.15, 0.2) is 0 Å². The average Bonchev–Trinajstić information content (AvgIpc) is 2.75. The number of fused-ring (bicyclic) bond motifs is 1. The molecule has 1 aromatic rings. The molecule has 1 heterocycles. The van der Waals surface area contributed by atoms with Crippen LogP contribution in [0.1, 0.15) is 43.0 Å². The van der Waals surface area contributed by atoms with Crippen LogP contribution in [0.5, 0.6) is 0 Å². The van der Waals surface area contributed by atoms with Crippen LogP contribution in [0.15, 0.2) is 35.3 Å². The maximum atomic E-state index is 12.6. The SMILES string of the molecule is CC1=NC2CCCCC2N1C(=O)c1ccccc1. The van der Waals surface area contributed by atoms with E-state index < -0.39 is 0 Å². The zero-order valence-corrected chi connectivity index (χ0v) is 10.7. The van der Waals surface area contributed by atoms with Gasteiger partial charge in [0.05, 0.1) is 12.1 Å². The van der Waals surface area contributed by atoms with Crippen LogP contribution in [0.3, 0.4) is 0 Å². The van der Waals surface area contributed by atoms with Crippen LogP contribution >= 0.6 is 0 Å². The summed E-state index contributed by atoms with van der Waals surface area (Å²) in [5, 5.41) is 0. The van der Waals surface area contributed by atoms with Gasteiger partial charge in [-0.25, -0.2) is 0 Å². The highest BCUT2D eigenvalue weighted by Gasteiger charge is 2.39. The second-order valence-electron chi connectivity index (χ2n) is 5.14. The lowest BCUT2D eigenvalue weighted by Gasteiger charge is -2.31. The molecule has 0 saturated heterocycles. The number of amidine groups is 1. The molecule has 1 aromatic carbocycles. The third-order valence-electron chi connectivity index (χ3n) is 3.97. The summed E-state index contributed by atoms with van der Waals surface area (Å²) in [6.45, 7) is 1.96. The van der Waals surface area contributed by atoms with Gasteiger partial charge in [-0.1, -0.05) is 31.0 Å². The molecule has 0 N–H and O–H groups in total. The van der Waals surface area contributed by atoms with Crippen molar-refractivity contribution in [1.29, 1.82) is 0 Å². The molecule has 1 aliphatic carbocycles. The van der Waals surface area contributed by atoms with Crippen LogP contribution in [0.25, 0.3) is 0 Å². The first-order valence-corrected chi connectivity index (χ1v) is 6.70. The number of nitrogens with zero attached hydrogens (tertiary/aromatic N) is 2. The predicted octanol–water partition coefficient (Wildman–Crippen LogP) is 2.87. The standard InChI is InChI=1S/C15H18N2O/c1-11-16-13-9-5-6-10-14(13)17(11)15(18)12-7-3-2-4-8-12/h2-4,7-8,13-14H,5-6,9-10H2,1H3. The topological polar surface area (TPSA) is 32.7 Å². The van der Waals surface area contributed by atoms with Gasteiger partial charge in [0.25, 0.3) is 5.91 Å². The molecular formula is C15H18N2O. The highest BCUT2D eigenvalue weighted by molar-refractivity contribution is 6.07. The van der Waals surface area contributed by atoms with Crippen molar-refractivity contribution in [2.45, 2.75) is 44.7 Å². The van der Waals surface area contributed by atoms with Crippen molar-refractivity contribution in [3.05, 3.63) is 35.9 Å². The van der Waals surface area contributed by atoms with Crippen molar-refractivity contribution in [2.24, 2.45) is 4.99 Å². The molecule has 3 rings (SSSR count). The number of amides is 1. The molecule has 3 heteroatoms. The first kappa shape index (κ1) is 11.5. The van der Waals surface area contributed by atoms with E-state index in [9.17, 15) is 4.79 Å². The zero-order chi connectivity index (χ0) is 12.5. The molecule has 0 bridgehead atoms. The summed E-state index contributed by atoms with van der Waals surface area (Å²) in [4.78, 5) is 19.1. The van der Waals surface area contributed by atoms with Gasteiger partial charge in [0.1, 0.15) is 5.84 Å². The van der Waals surface area contributed by atoms with Gasteiger partial charge in [0, 0.05) is 5.56 Å². The molecule has 1 amide bonds. The van der Waals surface area contributed by atoms with Gasteiger partial charge in [0.2, 0.25) is 0 Å². The average molecular weight is 242 g/mol. The molecule has 2 atom stereocenters. The number of hydrogen-bond donors (Lipinski definition) is 0. The lowest BCUT2D eigenvalue weighted by Crippen LogP contribution is -2.44. The van der Waals surface area contributed by atoms with E-state index in [2.05, 4.69) is 4.99 Å². The Bertz CT molecular complexity index is 481. The van der Waals surface area contributed by atoms with E-state index in [1.807, 2.05) is 42.2 Å². The molecule has 0 spiro atoms. The summed E-state index contributed by atoms with van der Waals surface area (Å²) in [5.74, 6) is 0.993. The minimum absolute atomic E-state index is 0.103. The lowest BCUT2D eigenvalue weighted by atomic mass is 9.90. The maximum Gasteiger partial charge on any atom is 0.259 e. The first-order chi connectivity index (χ1) is 8.77. The Hall–Kier alpha value is -1.64. The Labute approximate surface area is 108 Å². The van der Waals surface area contributed by atoms with E-state index >= 15 is 0 Å². The minimum Gasteiger partial charge on any atom is -0.291 e. The fraction of sp³-hybridized carbons (Fsp3) is 0.467. The molecule has 1 saturated carbocycles. The number of hydrogen-bond acceptors (Lipinski definition) is 2. The van der Waals surface area contributed by atoms with Gasteiger partial charge in [-0.2, -0.15) is 0 Å². The van der Waals surface area contributed by atoms with E-state index in [0.29, 0.717) is 12.1 Å². The van der Waals surface area contributed by atoms with Crippen LogP contribution < -0.4 is 0 Å². The van der Waals surface area contributed by atoms with Crippen molar-refractivity contribution < 1.29 is 4.79 Å². The molecular weight excluding hydrogens is 224 g/mol. The van der Waals surface area contributed by atoms with Gasteiger partial charge in [-0.05, 0) is 31.9 Å². The summed E-state index contributed by atoms with van der Waals surface area (Å²) in [5.41, 5.74) is 0.762. The van der Waals surface area contributed by atoms with Crippen LogP contribution in [0.4, 0.5) is 0 Å². The van der Waals surface area contributed by atoms with E-state index in [1.54, 1.807) is 0 Å². The van der Waals surface area contributed by atoms with Gasteiger partial charge < -0.3 is 0 Å². The fourth-order valence-corrected chi connectivity index (χ4v) is 3.10. The highest BCUT2D eigenvalue weighted by Crippen LogP contribution is 2.31. The lowest BCUT2D eigenvalue weighted by molar-refractivity contribution is 0.0785. The molecule has 0 radical (unpaired) electrons. The molecule has 0 aromatic heterocycles. The van der Waals surface area contributed by atoms with Crippen LogP contribution in [0, 0.1) is 0 Å². The first-order valence-electron chi connectivity index (χ1n) is 6.70. The van der Waals surface area contributed by atoms with E-state index in [1.165, 1.54) is 12.8 Å². The van der Waals surface area contributed by atoms with Gasteiger partial charge in [-0.3, -0.25) is 14.7 Å². The Balaban J connectivity index is 1.88. The minimum atomic E-state index is 0.103. The largest absolute Gasteiger partial charge is 0.291 e. The predicted molar refractivity (Wildman–Crippen MR) is 71.8 cm³/mol. The van der Waals surface area contributed by atoms with Crippen LogP contribution in [-0.2, 0) is 0 Å².